The molecule has 20 nitrogen and oxygen atoms in total. The molecule has 1 aliphatic rings. The van der Waals surface area contributed by atoms with E-state index in [-0.39, 0.29) is 106 Å². The van der Waals surface area contributed by atoms with E-state index in [2.05, 4.69) is 21.3 Å². The van der Waals surface area contributed by atoms with Crippen molar-refractivity contribution in [2.45, 2.75) is 162 Å². The van der Waals surface area contributed by atoms with Crippen molar-refractivity contribution in [1.29, 1.82) is 0 Å². The summed E-state index contributed by atoms with van der Waals surface area (Å²) in [5.74, 6) is -2.78. The van der Waals surface area contributed by atoms with Crippen LogP contribution in [-0.4, -0.2) is 156 Å². The number of hydrogen-bond acceptors (Lipinski definition) is 15. The molecule has 0 aliphatic carbocycles. The van der Waals surface area contributed by atoms with E-state index in [0.29, 0.717) is 123 Å². The van der Waals surface area contributed by atoms with E-state index in [0.717, 1.165) is 33.2 Å². The second-order valence-corrected chi connectivity index (χ2v) is 21.4. The third-order valence-corrected chi connectivity index (χ3v) is 14.3. The SMILES string of the molecule is CC[C@H](C)[C@H](NC(=O)[C@H](CCSC)CC(=S)Cc1ccc(NC(=S)NCCCCCN(O)C(=O)CCC(=O)CCCCCCN(O)C(=O)CCC(=O)NCCCCCN(O)C(C)=O)cc1)C(=O)CCCN1C(=O)C=CC1=O. The molecule has 0 saturated carbocycles. The van der Waals surface area contributed by atoms with Crippen LogP contribution in [0.1, 0.15) is 155 Å². The molecule has 1 aromatic rings. The summed E-state index contributed by atoms with van der Waals surface area (Å²) >= 11 is 12.9. The fourth-order valence-electron chi connectivity index (χ4n) is 8.15. The predicted octanol–water partition coefficient (Wildman–Crippen LogP) is 6.66. The zero-order valence-electron chi connectivity index (χ0n) is 45.5. The summed E-state index contributed by atoms with van der Waals surface area (Å²) in [6.45, 7) is 6.74. The predicted molar refractivity (Wildman–Crippen MR) is 303 cm³/mol. The Morgan fingerprint density at radius 2 is 1.25 bits per heavy atom. The Bertz CT molecular complexity index is 2110. The van der Waals surface area contributed by atoms with Gasteiger partial charge in [0.05, 0.1) is 6.04 Å². The van der Waals surface area contributed by atoms with Gasteiger partial charge in [-0.3, -0.25) is 63.7 Å². The number of Topliss-reactive ketones (excluding diaryl/α,β-unsaturated/α-hetero) is 2. The molecule has 0 saturated heterocycles. The van der Waals surface area contributed by atoms with Crippen molar-refractivity contribution >= 4 is 105 Å². The number of carbonyl (C=O) groups excluding carboxylic acids is 9. The van der Waals surface area contributed by atoms with Gasteiger partial charge in [0.15, 0.2) is 10.9 Å². The van der Waals surface area contributed by atoms with Crippen LogP contribution in [-0.2, 0) is 49.6 Å². The maximum Gasteiger partial charge on any atom is 0.253 e. The van der Waals surface area contributed by atoms with Gasteiger partial charge in [0.1, 0.15) is 5.78 Å². The highest BCUT2D eigenvalue weighted by Crippen LogP contribution is 2.20. The lowest BCUT2D eigenvalue weighted by Crippen LogP contribution is -2.47. The average molecular weight is 1130 g/mol. The van der Waals surface area contributed by atoms with Crippen LogP contribution in [0.2, 0.25) is 0 Å². The van der Waals surface area contributed by atoms with Crippen LogP contribution in [0.15, 0.2) is 36.4 Å². The van der Waals surface area contributed by atoms with Crippen molar-refractivity contribution in [2.75, 3.05) is 56.6 Å². The minimum absolute atomic E-state index is 0.0267. The summed E-state index contributed by atoms with van der Waals surface area (Å²) < 4.78 is 0. The molecule has 0 fully saturated rings. The average Bonchev–Trinajstić information content (AvgIpc) is 3.72. The van der Waals surface area contributed by atoms with Crippen molar-refractivity contribution in [3.8, 4) is 0 Å². The molecule has 1 aliphatic heterocycles. The maximum atomic E-state index is 13.7. The fraction of sp³-hybridized carbons (Fsp3) is 0.648. The number of amides is 7. The molecule has 0 unspecified atom stereocenters. The Morgan fingerprint density at radius 1 is 0.688 bits per heavy atom. The van der Waals surface area contributed by atoms with Gasteiger partial charge in [-0.15, -0.1) is 0 Å². The van der Waals surface area contributed by atoms with Gasteiger partial charge < -0.3 is 21.3 Å². The standard InChI is InChI=1S/C54H84N8O12S3/c1-5-39(2)52(46(65)18-16-32-59-48(67)27-28-49(59)68)58-53(71)42(29-36-77-4)38-45(75)37-41-19-21-43(22-20-41)57-54(76)56-31-12-9-15-35-61(73)50(69)25-23-44(64)17-10-6-7-13-34-62(74)51(70)26-24-47(66)55-30-11-8-14-33-60(72)40(3)63/h19-22,27-28,39,42,52,72-74H,5-18,23-26,29-38H2,1-4H3,(H,55,66)(H,58,71)(H2,56,57,76)/t39-,42+,52-/m0/s1. The van der Waals surface area contributed by atoms with Gasteiger partial charge in [-0.2, -0.15) is 11.8 Å². The summed E-state index contributed by atoms with van der Waals surface area (Å²) in [5, 5.41) is 44.0. The third kappa shape index (κ3) is 29.4. The Balaban J connectivity index is 1.58. The van der Waals surface area contributed by atoms with E-state index < -0.39 is 29.7 Å². The third-order valence-electron chi connectivity index (χ3n) is 13.1. The molecule has 2 rings (SSSR count). The molecule has 7 N–H and O–H groups in total. The van der Waals surface area contributed by atoms with Crippen LogP contribution in [0.25, 0.3) is 0 Å². The van der Waals surface area contributed by atoms with Gasteiger partial charge in [-0.05, 0) is 123 Å². The summed E-state index contributed by atoms with van der Waals surface area (Å²) in [6.07, 6.45) is 13.5. The Labute approximate surface area is 469 Å². The first-order valence-electron chi connectivity index (χ1n) is 27.0. The molecule has 23 heteroatoms. The van der Waals surface area contributed by atoms with Crippen molar-refractivity contribution < 1.29 is 58.8 Å². The number of thioether (sulfide) groups is 1. The number of rotatable bonds is 42. The Morgan fingerprint density at radius 3 is 1.83 bits per heavy atom. The van der Waals surface area contributed by atoms with Crippen LogP contribution in [0, 0.1) is 11.8 Å². The smallest absolute Gasteiger partial charge is 0.253 e. The molecule has 0 radical (unpaired) electrons. The fourth-order valence-corrected chi connectivity index (χ4v) is 9.25. The zero-order valence-corrected chi connectivity index (χ0v) is 48.0. The molecule has 1 heterocycles. The highest BCUT2D eigenvalue weighted by molar-refractivity contribution is 7.98. The number of anilines is 1. The molecule has 3 atom stereocenters. The number of imide groups is 1. The van der Waals surface area contributed by atoms with Crippen molar-refractivity contribution in [3.05, 3.63) is 42.0 Å². The minimum atomic E-state index is -0.690. The molecule has 77 heavy (non-hydrogen) atoms. The monoisotopic (exact) mass is 1130 g/mol. The van der Waals surface area contributed by atoms with Crippen LogP contribution in [0.3, 0.4) is 0 Å². The second kappa shape index (κ2) is 39.2. The maximum absolute atomic E-state index is 13.7. The van der Waals surface area contributed by atoms with Gasteiger partial charge in [-0.1, -0.05) is 57.5 Å². The van der Waals surface area contributed by atoms with E-state index in [4.69, 9.17) is 24.4 Å². The quantitative estimate of drug-likeness (QED) is 0.0119. The first-order chi connectivity index (χ1) is 36.7. The zero-order chi connectivity index (χ0) is 57.1. The Hall–Kier alpha value is -5.20. The highest BCUT2D eigenvalue weighted by Gasteiger charge is 2.30. The summed E-state index contributed by atoms with van der Waals surface area (Å²) in [6, 6.07) is 7.00. The topological polar surface area (TPSA) is 275 Å². The second-order valence-electron chi connectivity index (χ2n) is 19.4. The number of ketones is 2. The van der Waals surface area contributed by atoms with E-state index in [9.17, 15) is 58.8 Å². The van der Waals surface area contributed by atoms with Crippen molar-refractivity contribution in [1.82, 2.24) is 36.0 Å². The largest absolute Gasteiger partial charge is 0.362 e. The summed E-state index contributed by atoms with van der Waals surface area (Å²) in [5.41, 5.74) is 1.75. The molecular weight excluding hydrogens is 1050 g/mol. The normalized spacial score (nSPS) is 13.1. The molecular formula is C54H84N8O12S3. The summed E-state index contributed by atoms with van der Waals surface area (Å²) in [4.78, 5) is 113. The number of nitrogens with zero attached hydrogens (tertiary/aromatic N) is 4. The molecule has 430 valence electrons. The van der Waals surface area contributed by atoms with Gasteiger partial charge in [-0.25, -0.2) is 15.2 Å². The first-order valence-corrected chi connectivity index (χ1v) is 29.2. The summed E-state index contributed by atoms with van der Waals surface area (Å²) in [7, 11) is 0. The molecule has 0 aromatic heterocycles. The van der Waals surface area contributed by atoms with Crippen LogP contribution < -0.4 is 21.3 Å². The van der Waals surface area contributed by atoms with Gasteiger partial charge in [0.2, 0.25) is 29.5 Å². The van der Waals surface area contributed by atoms with E-state index in [1.54, 1.807) is 11.8 Å². The van der Waals surface area contributed by atoms with E-state index in [1.807, 2.05) is 44.4 Å². The van der Waals surface area contributed by atoms with E-state index >= 15 is 0 Å². The van der Waals surface area contributed by atoms with Gasteiger partial charge in [0.25, 0.3) is 11.8 Å². The van der Waals surface area contributed by atoms with E-state index in [1.165, 1.54) is 19.1 Å². The number of carbonyl (C=O) groups is 9. The lowest BCUT2D eigenvalue weighted by Gasteiger charge is -2.26. The molecule has 0 bridgehead atoms. The minimum Gasteiger partial charge on any atom is -0.362 e. The molecule has 0 spiro atoms. The molecule has 1 aromatic carbocycles. The highest BCUT2D eigenvalue weighted by atomic mass is 32.2. The first kappa shape index (κ1) is 67.9. The van der Waals surface area contributed by atoms with Gasteiger partial charge in [0, 0.05) is 115 Å². The van der Waals surface area contributed by atoms with Crippen molar-refractivity contribution in [2.24, 2.45) is 11.8 Å². The number of nitrogens with one attached hydrogen (secondary N) is 4. The number of unbranched alkanes of at least 4 members (excludes halogenated alkanes) is 7. The lowest BCUT2D eigenvalue weighted by atomic mass is 9.91. The van der Waals surface area contributed by atoms with Crippen LogP contribution in [0.4, 0.5) is 5.69 Å². The van der Waals surface area contributed by atoms with Crippen molar-refractivity contribution in [3.63, 3.8) is 0 Å². The molecule has 7 amide bonds. The number of thiocarbonyl (C=S) groups is 2. The Kier molecular flexibility index (Phi) is 34.6. The number of hydroxylamine groups is 6. The lowest BCUT2D eigenvalue weighted by molar-refractivity contribution is -0.166. The number of benzene rings is 1. The van der Waals surface area contributed by atoms with Crippen LogP contribution >= 0.6 is 36.2 Å². The number of hydrogen-bond donors (Lipinski definition) is 7. The van der Waals surface area contributed by atoms with Gasteiger partial charge >= 0.3 is 0 Å². The van der Waals surface area contributed by atoms with Crippen LogP contribution in [0.5, 0.6) is 0 Å².